The molecule has 3 aromatic rings. The third-order valence-corrected chi connectivity index (χ3v) is 6.81. The quantitative estimate of drug-likeness (QED) is 0.555. The lowest BCUT2D eigenvalue weighted by molar-refractivity contribution is 0.0724. The maximum atomic E-state index is 12.9. The van der Waals surface area contributed by atoms with Crippen molar-refractivity contribution >= 4 is 15.7 Å². The lowest BCUT2D eigenvalue weighted by Crippen LogP contribution is -2.35. The largest absolute Gasteiger partial charge is 0.395 e. The Morgan fingerprint density at radius 2 is 1.48 bits per heavy atom. The molecule has 3 aromatic carbocycles. The second kappa shape index (κ2) is 10.4. The van der Waals surface area contributed by atoms with Gasteiger partial charge in [-0.3, -0.25) is 4.79 Å². The molecule has 5 nitrogen and oxygen atoms in total. The fraction of sp³-hybridized carbons (Fsp3) is 0.240. The highest BCUT2D eigenvalue weighted by atomic mass is 32.2. The van der Waals surface area contributed by atoms with E-state index in [1.54, 1.807) is 53.4 Å². The van der Waals surface area contributed by atoms with Crippen LogP contribution in [0.5, 0.6) is 0 Å². The van der Waals surface area contributed by atoms with Crippen molar-refractivity contribution in [2.24, 2.45) is 0 Å². The minimum atomic E-state index is -3.46. The zero-order chi connectivity index (χ0) is 22.3. The van der Waals surface area contributed by atoms with Crippen LogP contribution in [0.25, 0.3) is 0 Å². The maximum Gasteiger partial charge on any atom is 0.253 e. The van der Waals surface area contributed by atoms with Gasteiger partial charge in [-0.25, -0.2) is 8.42 Å². The molecule has 1 amide bonds. The van der Waals surface area contributed by atoms with Crippen molar-refractivity contribution < 1.29 is 18.3 Å². The normalized spacial score (nSPS) is 11.3. The molecular formula is C25H27NO4S. The van der Waals surface area contributed by atoms with Crippen LogP contribution in [0.1, 0.15) is 27.0 Å². The van der Waals surface area contributed by atoms with E-state index < -0.39 is 9.84 Å². The summed E-state index contributed by atoms with van der Waals surface area (Å²) in [5.41, 5.74) is 3.21. The molecule has 31 heavy (non-hydrogen) atoms. The Labute approximate surface area is 183 Å². The van der Waals surface area contributed by atoms with E-state index in [0.717, 1.165) is 11.1 Å². The highest BCUT2D eigenvalue weighted by Gasteiger charge is 2.18. The van der Waals surface area contributed by atoms with Crippen molar-refractivity contribution in [2.45, 2.75) is 24.0 Å². The van der Waals surface area contributed by atoms with Gasteiger partial charge in [0, 0.05) is 18.7 Å². The second-order valence-electron chi connectivity index (χ2n) is 7.52. The number of nitrogens with zero attached hydrogens (tertiary/aromatic N) is 1. The standard InChI is InChI=1S/C25H27NO4S/c1-20-7-13-24(14-8-20)31(29,30)19-22-9-11-23(12-10-22)25(28)26(17-18-27)16-15-21-5-3-2-4-6-21/h2-14,27H,15-19H2,1H3. The van der Waals surface area contributed by atoms with Gasteiger partial charge in [-0.1, -0.05) is 60.2 Å². The molecule has 0 saturated heterocycles. The average molecular weight is 438 g/mol. The number of aryl methyl sites for hydroxylation is 1. The van der Waals surface area contributed by atoms with Gasteiger partial charge in [-0.15, -0.1) is 0 Å². The monoisotopic (exact) mass is 437 g/mol. The molecule has 0 aromatic heterocycles. The van der Waals surface area contributed by atoms with Gasteiger partial charge in [-0.05, 0) is 48.7 Å². The van der Waals surface area contributed by atoms with Crippen LogP contribution in [0.2, 0.25) is 0 Å². The fourth-order valence-electron chi connectivity index (χ4n) is 3.32. The van der Waals surface area contributed by atoms with Crippen LogP contribution in [0.15, 0.2) is 83.8 Å². The molecule has 0 unspecified atom stereocenters. The number of amides is 1. The highest BCUT2D eigenvalue weighted by Crippen LogP contribution is 2.18. The van der Waals surface area contributed by atoms with Crippen molar-refractivity contribution in [3.8, 4) is 0 Å². The summed E-state index contributed by atoms with van der Waals surface area (Å²) in [6.07, 6.45) is 0.694. The number of aliphatic hydroxyl groups excluding tert-OH is 1. The SMILES string of the molecule is Cc1ccc(S(=O)(=O)Cc2ccc(C(=O)N(CCO)CCc3ccccc3)cc2)cc1. The Balaban J connectivity index is 1.68. The second-order valence-corrected chi connectivity index (χ2v) is 9.51. The van der Waals surface area contributed by atoms with E-state index in [1.165, 1.54) is 0 Å². The van der Waals surface area contributed by atoms with Gasteiger partial charge in [-0.2, -0.15) is 0 Å². The molecule has 0 atom stereocenters. The van der Waals surface area contributed by atoms with Crippen LogP contribution in [0.3, 0.4) is 0 Å². The number of hydrogen-bond acceptors (Lipinski definition) is 4. The van der Waals surface area contributed by atoms with Gasteiger partial charge < -0.3 is 10.0 Å². The Kier molecular flexibility index (Phi) is 7.60. The van der Waals surface area contributed by atoms with Crippen molar-refractivity contribution in [3.63, 3.8) is 0 Å². The van der Waals surface area contributed by atoms with Crippen LogP contribution >= 0.6 is 0 Å². The van der Waals surface area contributed by atoms with Crippen molar-refractivity contribution in [2.75, 3.05) is 19.7 Å². The zero-order valence-electron chi connectivity index (χ0n) is 17.6. The zero-order valence-corrected chi connectivity index (χ0v) is 18.4. The molecule has 0 fully saturated rings. The van der Waals surface area contributed by atoms with E-state index in [-0.39, 0.29) is 29.7 Å². The minimum Gasteiger partial charge on any atom is -0.395 e. The third kappa shape index (κ3) is 6.26. The van der Waals surface area contributed by atoms with Gasteiger partial charge in [0.1, 0.15) is 0 Å². The Morgan fingerprint density at radius 3 is 2.10 bits per heavy atom. The summed E-state index contributed by atoms with van der Waals surface area (Å²) in [6.45, 7) is 2.53. The molecule has 0 radical (unpaired) electrons. The summed E-state index contributed by atoms with van der Waals surface area (Å²) in [5, 5.41) is 9.37. The van der Waals surface area contributed by atoms with Gasteiger partial charge >= 0.3 is 0 Å². The summed E-state index contributed by atoms with van der Waals surface area (Å²) >= 11 is 0. The molecule has 0 aliphatic carbocycles. The molecule has 0 aliphatic rings. The number of carbonyl (C=O) groups excluding carboxylic acids is 1. The van der Waals surface area contributed by atoms with Crippen molar-refractivity contribution in [1.82, 2.24) is 4.90 Å². The Morgan fingerprint density at radius 1 is 0.839 bits per heavy atom. The van der Waals surface area contributed by atoms with Crippen LogP contribution in [-0.2, 0) is 22.0 Å². The third-order valence-electron chi connectivity index (χ3n) is 5.11. The van der Waals surface area contributed by atoms with Gasteiger partial charge in [0.2, 0.25) is 0 Å². The predicted molar refractivity (Wildman–Crippen MR) is 122 cm³/mol. The molecule has 0 spiro atoms. The van der Waals surface area contributed by atoms with Crippen LogP contribution < -0.4 is 0 Å². The molecular weight excluding hydrogens is 410 g/mol. The van der Waals surface area contributed by atoms with Crippen molar-refractivity contribution in [1.29, 1.82) is 0 Å². The number of carbonyl (C=O) groups is 1. The summed E-state index contributed by atoms with van der Waals surface area (Å²) < 4.78 is 25.3. The average Bonchev–Trinajstić information content (AvgIpc) is 2.77. The first kappa shape index (κ1) is 22.7. The lowest BCUT2D eigenvalue weighted by Gasteiger charge is -2.22. The van der Waals surface area contributed by atoms with Crippen molar-refractivity contribution in [3.05, 3.63) is 101 Å². The first-order valence-electron chi connectivity index (χ1n) is 10.2. The Bertz CT molecular complexity index is 1090. The van der Waals surface area contributed by atoms with Gasteiger partial charge in [0.25, 0.3) is 5.91 Å². The summed E-state index contributed by atoms with van der Waals surface area (Å²) in [5.74, 6) is -0.309. The number of aliphatic hydroxyl groups is 1. The summed E-state index contributed by atoms with van der Waals surface area (Å²) in [7, 11) is -3.46. The molecule has 0 bridgehead atoms. The molecule has 162 valence electrons. The molecule has 1 N–H and O–H groups in total. The number of benzene rings is 3. The molecule has 0 aliphatic heterocycles. The first-order valence-corrected chi connectivity index (χ1v) is 11.9. The van der Waals surface area contributed by atoms with E-state index in [9.17, 15) is 18.3 Å². The number of rotatable bonds is 9. The minimum absolute atomic E-state index is 0.118. The van der Waals surface area contributed by atoms with E-state index in [0.29, 0.717) is 24.1 Å². The van der Waals surface area contributed by atoms with Gasteiger partial charge in [0.15, 0.2) is 9.84 Å². The van der Waals surface area contributed by atoms with Crippen LogP contribution in [0, 0.1) is 6.92 Å². The van der Waals surface area contributed by atoms with E-state index >= 15 is 0 Å². The highest BCUT2D eigenvalue weighted by molar-refractivity contribution is 7.90. The number of sulfone groups is 1. The lowest BCUT2D eigenvalue weighted by atomic mass is 10.1. The smallest absolute Gasteiger partial charge is 0.253 e. The number of hydrogen-bond donors (Lipinski definition) is 1. The van der Waals surface area contributed by atoms with E-state index in [4.69, 9.17) is 0 Å². The first-order chi connectivity index (χ1) is 14.9. The summed E-state index contributed by atoms with van der Waals surface area (Å²) in [4.78, 5) is 14.8. The van der Waals surface area contributed by atoms with Crippen LogP contribution in [0.4, 0.5) is 0 Å². The maximum absolute atomic E-state index is 12.9. The van der Waals surface area contributed by atoms with E-state index in [1.807, 2.05) is 37.3 Å². The summed E-state index contributed by atoms with van der Waals surface area (Å²) in [6, 6.07) is 23.3. The predicted octanol–water partition coefficient (Wildman–Crippen LogP) is 3.65. The fourth-order valence-corrected chi connectivity index (χ4v) is 4.67. The molecule has 0 heterocycles. The molecule has 6 heteroatoms. The molecule has 0 saturated carbocycles. The topological polar surface area (TPSA) is 74.7 Å². The molecule has 3 rings (SSSR count). The Hall–Kier alpha value is -2.96. The van der Waals surface area contributed by atoms with Gasteiger partial charge in [0.05, 0.1) is 17.3 Å². The van der Waals surface area contributed by atoms with E-state index in [2.05, 4.69) is 0 Å². The van der Waals surface area contributed by atoms with Crippen LogP contribution in [-0.4, -0.2) is 44.0 Å².